The van der Waals surface area contributed by atoms with E-state index < -0.39 is 5.82 Å². The highest BCUT2D eigenvalue weighted by atomic mass is 35.5. The fourth-order valence-electron chi connectivity index (χ4n) is 5.18. The molecule has 3 aliphatic heterocycles. The average Bonchev–Trinajstić information content (AvgIpc) is 3.25. The fraction of sp³-hybridized carbons (Fsp3) is 0.308. The number of nitrogens with one attached hydrogen (secondary N) is 1. The molecule has 7 nitrogen and oxygen atoms in total. The minimum absolute atomic E-state index is 0.0980. The van der Waals surface area contributed by atoms with Gasteiger partial charge in [0.1, 0.15) is 34.5 Å². The maximum atomic E-state index is 15.2. The minimum atomic E-state index is -0.520. The lowest BCUT2D eigenvalue weighted by Gasteiger charge is -2.34. The molecule has 4 heterocycles. The third kappa shape index (κ3) is 3.51. The van der Waals surface area contributed by atoms with Crippen LogP contribution in [0.1, 0.15) is 15.9 Å². The van der Waals surface area contributed by atoms with Gasteiger partial charge in [0.25, 0.3) is 5.91 Å². The maximum absolute atomic E-state index is 15.2. The number of carbonyl (C=O) groups excluding carboxylic acids is 1. The Hall–Kier alpha value is -3.36. The highest BCUT2D eigenvalue weighted by Gasteiger charge is 2.39. The van der Waals surface area contributed by atoms with E-state index >= 15 is 4.39 Å². The summed E-state index contributed by atoms with van der Waals surface area (Å²) in [4.78, 5) is 22.6. The van der Waals surface area contributed by atoms with Crippen LogP contribution in [0.25, 0.3) is 11.3 Å². The molecule has 1 atom stereocenters. The predicted octanol–water partition coefficient (Wildman–Crippen LogP) is 4.05. The second-order valence-corrected chi connectivity index (χ2v) is 9.20. The molecule has 0 aliphatic carbocycles. The van der Waals surface area contributed by atoms with Gasteiger partial charge < -0.3 is 24.6 Å². The van der Waals surface area contributed by atoms with Crippen LogP contribution in [0.15, 0.2) is 42.5 Å². The number of hydrogen-bond acceptors (Lipinski definition) is 6. The van der Waals surface area contributed by atoms with Gasteiger partial charge in [-0.1, -0.05) is 35.9 Å². The Kier molecular flexibility index (Phi) is 5.50. The van der Waals surface area contributed by atoms with Crippen LogP contribution in [-0.2, 0) is 6.42 Å². The van der Waals surface area contributed by atoms with Crippen molar-refractivity contribution in [3.05, 3.63) is 64.4 Å². The zero-order valence-corrected chi connectivity index (χ0v) is 19.9. The average molecular weight is 495 g/mol. The van der Waals surface area contributed by atoms with Crippen LogP contribution in [0.2, 0.25) is 5.02 Å². The molecular weight excluding hydrogens is 471 g/mol. The van der Waals surface area contributed by atoms with Crippen molar-refractivity contribution in [1.82, 2.24) is 15.2 Å². The summed E-state index contributed by atoms with van der Waals surface area (Å²) in [5.41, 5.74) is 2.76. The van der Waals surface area contributed by atoms with Crippen LogP contribution in [-0.4, -0.2) is 61.7 Å². The summed E-state index contributed by atoms with van der Waals surface area (Å²) in [6.45, 7) is 2.79. The van der Waals surface area contributed by atoms with Gasteiger partial charge in [0, 0.05) is 31.9 Å². The number of anilines is 2. The summed E-state index contributed by atoms with van der Waals surface area (Å²) < 4.78 is 26.8. The smallest absolute Gasteiger partial charge is 0.261 e. The van der Waals surface area contributed by atoms with Crippen molar-refractivity contribution >= 4 is 29.0 Å². The Morgan fingerprint density at radius 3 is 2.89 bits per heavy atom. The number of rotatable bonds is 3. The number of halogens is 2. The molecule has 180 valence electrons. The van der Waals surface area contributed by atoms with Gasteiger partial charge in [-0.15, -0.1) is 0 Å². The normalized spacial score (nSPS) is 18.9. The first-order chi connectivity index (χ1) is 17.1. The largest absolute Gasteiger partial charge is 0.496 e. The highest BCUT2D eigenvalue weighted by Crippen LogP contribution is 2.48. The first-order valence-electron chi connectivity index (χ1n) is 11.6. The van der Waals surface area contributed by atoms with Crippen molar-refractivity contribution in [3.63, 3.8) is 0 Å². The number of para-hydroxylation sites is 1. The van der Waals surface area contributed by atoms with Crippen molar-refractivity contribution in [3.8, 4) is 22.8 Å². The number of methoxy groups -OCH3 is 1. The van der Waals surface area contributed by atoms with Crippen LogP contribution in [0, 0.1) is 5.82 Å². The zero-order valence-electron chi connectivity index (χ0n) is 19.2. The Bertz CT molecular complexity index is 1330. The van der Waals surface area contributed by atoms with Gasteiger partial charge in [-0.05, 0) is 30.2 Å². The van der Waals surface area contributed by atoms with E-state index in [9.17, 15) is 4.79 Å². The van der Waals surface area contributed by atoms with Gasteiger partial charge in [-0.3, -0.25) is 4.79 Å². The van der Waals surface area contributed by atoms with Crippen LogP contribution in [0.3, 0.4) is 0 Å². The van der Waals surface area contributed by atoms with Crippen molar-refractivity contribution in [2.24, 2.45) is 0 Å². The second-order valence-electron chi connectivity index (χ2n) is 8.82. The number of nitrogens with zero attached hydrogens (tertiary/aromatic N) is 3. The van der Waals surface area contributed by atoms with Crippen LogP contribution >= 0.6 is 11.6 Å². The number of pyridine rings is 1. The first kappa shape index (κ1) is 22.1. The fourth-order valence-corrected chi connectivity index (χ4v) is 5.47. The monoisotopic (exact) mass is 494 g/mol. The summed E-state index contributed by atoms with van der Waals surface area (Å²) >= 11 is 6.86. The second kappa shape index (κ2) is 8.70. The lowest BCUT2D eigenvalue weighted by atomic mass is 10.1. The summed E-state index contributed by atoms with van der Waals surface area (Å²) in [6, 6.07) is 12.4. The third-order valence-electron chi connectivity index (χ3n) is 6.90. The molecule has 0 unspecified atom stereocenters. The summed E-state index contributed by atoms with van der Waals surface area (Å²) in [5, 5.41) is 3.42. The van der Waals surface area contributed by atoms with E-state index in [4.69, 9.17) is 26.1 Å². The zero-order chi connectivity index (χ0) is 24.1. The molecule has 6 rings (SSSR count). The lowest BCUT2D eigenvalue weighted by Crippen LogP contribution is -2.55. The number of ether oxygens (including phenoxy) is 2. The van der Waals surface area contributed by atoms with E-state index in [-0.39, 0.29) is 40.6 Å². The van der Waals surface area contributed by atoms with Crippen LogP contribution in [0.5, 0.6) is 11.5 Å². The first-order valence-corrected chi connectivity index (χ1v) is 12.0. The SMILES string of the molecule is COc1cccc(F)c1-c1nc(N2CCc3ccccc32)c2c(c1Cl)OC[C@H]1CNCCN1C2=O. The van der Waals surface area contributed by atoms with E-state index in [1.54, 1.807) is 12.1 Å². The third-order valence-corrected chi connectivity index (χ3v) is 7.25. The molecule has 0 spiro atoms. The predicted molar refractivity (Wildman–Crippen MR) is 132 cm³/mol. The molecule has 0 saturated carbocycles. The van der Waals surface area contributed by atoms with Gasteiger partial charge in [-0.25, -0.2) is 9.37 Å². The Morgan fingerprint density at radius 2 is 2.03 bits per heavy atom. The summed E-state index contributed by atoms with van der Waals surface area (Å²) in [7, 11) is 1.47. The molecule has 1 saturated heterocycles. The van der Waals surface area contributed by atoms with E-state index in [1.807, 2.05) is 28.0 Å². The van der Waals surface area contributed by atoms with Crippen molar-refractivity contribution in [2.45, 2.75) is 12.5 Å². The highest BCUT2D eigenvalue weighted by molar-refractivity contribution is 6.35. The quantitative estimate of drug-likeness (QED) is 0.592. The summed E-state index contributed by atoms with van der Waals surface area (Å²) in [5.74, 6) is 0.256. The molecule has 3 aliphatic rings. The molecule has 1 N–H and O–H groups in total. The molecule has 1 fully saturated rings. The van der Waals surface area contributed by atoms with Crippen LogP contribution in [0.4, 0.5) is 15.9 Å². The number of fused-ring (bicyclic) bond motifs is 3. The molecule has 2 aromatic carbocycles. The Balaban J connectivity index is 1.62. The van der Waals surface area contributed by atoms with Gasteiger partial charge in [0.2, 0.25) is 0 Å². The standard InChI is InChI=1S/C26H24ClFN4O3/c1-34-19-8-4-6-17(28)20(19)23-22(27)24-21(26(33)31-12-10-29-13-16(31)14-35-24)25(30-23)32-11-9-15-5-2-3-7-18(15)32/h2-8,16,29H,9-14H2,1H3/t16-/m1/s1. The number of piperazine rings is 1. The Labute approximate surface area is 207 Å². The molecular formula is C26H24ClFN4O3. The number of carbonyl (C=O) groups is 1. The number of amides is 1. The van der Waals surface area contributed by atoms with E-state index in [2.05, 4.69) is 11.4 Å². The summed E-state index contributed by atoms with van der Waals surface area (Å²) in [6.07, 6.45) is 0.804. The van der Waals surface area contributed by atoms with Gasteiger partial charge in [0.15, 0.2) is 11.6 Å². The van der Waals surface area contributed by atoms with Crippen molar-refractivity contribution < 1.29 is 18.7 Å². The number of aromatic nitrogens is 1. The minimum Gasteiger partial charge on any atom is -0.496 e. The van der Waals surface area contributed by atoms with Crippen LogP contribution < -0.4 is 19.7 Å². The van der Waals surface area contributed by atoms with E-state index in [0.29, 0.717) is 43.3 Å². The molecule has 1 aromatic heterocycles. The van der Waals surface area contributed by atoms with Gasteiger partial charge >= 0.3 is 0 Å². The van der Waals surface area contributed by atoms with E-state index in [0.717, 1.165) is 17.7 Å². The van der Waals surface area contributed by atoms with Gasteiger partial charge in [0.05, 0.1) is 18.7 Å². The van der Waals surface area contributed by atoms with Gasteiger partial charge in [-0.2, -0.15) is 0 Å². The Morgan fingerprint density at radius 1 is 1.17 bits per heavy atom. The molecule has 9 heteroatoms. The topological polar surface area (TPSA) is 66.9 Å². The molecule has 0 radical (unpaired) electrons. The molecule has 3 aromatic rings. The van der Waals surface area contributed by atoms with Crippen molar-refractivity contribution in [2.75, 3.05) is 44.8 Å². The lowest BCUT2D eigenvalue weighted by molar-refractivity contribution is 0.0607. The molecule has 1 amide bonds. The number of hydrogen-bond donors (Lipinski definition) is 1. The molecule has 35 heavy (non-hydrogen) atoms. The van der Waals surface area contributed by atoms with E-state index in [1.165, 1.54) is 13.2 Å². The van der Waals surface area contributed by atoms with Crippen molar-refractivity contribution in [1.29, 1.82) is 0 Å². The number of benzene rings is 2. The molecule has 0 bridgehead atoms. The maximum Gasteiger partial charge on any atom is 0.261 e.